The van der Waals surface area contributed by atoms with Crippen LogP contribution in [0.1, 0.15) is 52.9 Å². The Morgan fingerprint density at radius 3 is 2.59 bits per heavy atom. The van der Waals surface area contributed by atoms with Gasteiger partial charge in [-0.05, 0) is 82.5 Å². The van der Waals surface area contributed by atoms with Crippen molar-refractivity contribution in [3.8, 4) is 0 Å². The maximum absolute atomic E-state index is 13.5. The Balaban J connectivity index is 1.15. The minimum Gasteiger partial charge on any atom is -0.337 e. The number of nitrogens with one attached hydrogen (secondary N) is 2. The highest BCUT2D eigenvalue weighted by molar-refractivity contribution is 7.91. The van der Waals surface area contributed by atoms with Gasteiger partial charge in [0.25, 0.3) is 10.0 Å². The zero-order valence-corrected chi connectivity index (χ0v) is 28.2. The number of amides is 4. The summed E-state index contributed by atoms with van der Waals surface area (Å²) in [6.07, 6.45) is 3.65. The van der Waals surface area contributed by atoms with E-state index in [1.807, 2.05) is 32.7 Å². The number of carbonyl (C=O) groups excluding carboxylic acids is 3. The summed E-state index contributed by atoms with van der Waals surface area (Å²) in [4.78, 5) is 47.0. The van der Waals surface area contributed by atoms with Crippen LogP contribution in [0.4, 0.5) is 4.79 Å². The molecule has 14 heteroatoms. The largest absolute Gasteiger partial charge is 0.337 e. The van der Waals surface area contributed by atoms with E-state index in [1.54, 1.807) is 29.2 Å². The van der Waals surface area contributed by atoms with Crippen molar-refractivity contribution in [3.05, 3.63) is 29.3 Å². The van der Waals surface area contributed by atoms with Gasteiger partial charge in [0.1, 0.15) is 10.3 Å². The molecule has 0 radical (unpaired) electrons. The van der Waals surface area contributed by atoms with Crippen molar-refractivity contribution in [1.29, 1.82) is 0 Å². The van der Waals surface area contributed by atoms with E-state index >= 15 is 0 Å². The second kappa shape index (κ2) is 13.1. The lowest BCUT2D eigenvalue weighted by Crippen LogP contribution is -2.55. The first kappa shape index (κ1) is 32.9. The monoisotopic (exact) mass is 666 g/mol. The Hall–Kier alpha value is -2.45. The van der Waals surface area contributed by atoms with E-state index in [2.05, 4.69) is 14.9 Å². The number of halogens is 1. The Kier molecular flexibility index (Phi) is 9.81. The third-order valence-electron chi connectivity index (χ3n) is 8.64. The number of likely N-dealkylation sites (tertiary alicyclic amines) is 3. The van der Waals surface area contributed by atoms with Crippen LogP contribution in [0.15, 0.2) is 28.5 Å². The number of likely N-dealkylation sites (N-methyl/N-ethyl adjacent to an activating group) is 1. The predicted molar refractivity (Wildman–Crippen MR) is 172 cm³/mol. The second-order valence-electron chi connectivity index (χ2n) is 13.2. The van der Waals surface area contributed by atoms with Gasteiger partial charge in [0.15, 0.2) is 0 Å². The number of urea groups is 1. The highest BCUT2D eigenvalue weighted by atomic mass is 35.5. The molecule has 3 saturated heterocycles. The highest BCUT2D eigenvalue weighted by Crippen LogP contribution is 2.31. The van der Waals surface area contributed by atoms with Gasteiger partial charge in [-0.2, -0.15) is 4.72 Å². The van der Waals surface area contributed by atoms with Crippen LogP contribution in [0.25, 0.3) is 10.1 Å². The summed E-state index contributed by atoms with van der Waals surface area (Å²) in [5, 5.41) is 4.27. The molecule has 0 saturated carbocycles. The Labute approximate surface area is 268 Å². The fourth-order valence-electron chi connectivity index (χ4n) is 6.35. The van der Waals surface area contributed by atoms with E-state index in [1.165, 1.54) is 4.90 Å². The lowest BCUT2D eigenvalue weighted by Gasteiger charge is -2.35. The molecule has 3 aliphatic rings. The maximum atomic E-state index is 13.5. The number of hydrogen-bond acceptors (Lipinski definition) is 7. The summed E-state index contributed by atoms with van der Waals surface area (Å²) < 4.78 is 29.9. The summed E-state index contributed by atoms with van der Waals surface area (Å²) >= 11 is 7.19. The molecular formula is C30H43ClN6O5S2. The molecule has 242 valence electrons. The molecule has 3 fully saturated rings. The van der Waals surface area contributed by atoms with Crippen molar-refractivity contribution in [3.63, 3.8) is 0 Å². The van der Waals surface area contributed by atoms with Crippen molar-refractivity contribution in [1.82, 2.24) is 29.6 Å². The zero-order valence-electron chi connectivity index (χ0n) is 25.8. The summed E-state index contributed by atoms with van der Waals surface area (Å²) in [7, 11) is -2.10. The minimum absolute atomic E-state index is 0.0469. The number of carbonyl (C=O) groups is 3. The van der Waals surface area contributed by atoms with Crippen LogP contribution in [0.5, 0.6) is 0 Å². The van der Waals surface area contributed by atoms with Gasteiger partial charge >= 0.3 is 6.03 Å². The number of fused-ring (bicyclic) bond motifs is 1. The van der Waals surface area contributed by atoms with Gasteiger partial charge in [-0.25, -0.2) is 13.2 Å². The summed E-state index contributed by atoms with van der Waals surface area (Å²) in [6, 6.07) is 5.93. The van der Waals surface area contributed by atoms with Crippen LogP contribution in [0, 0.1) is 0 Å². The van der Waals surface area contributed by atoms with Crippen LogP contribution < -0.4 is 10.0 Å². The van der Waals surface area contributed by atoms with E-state index in [-0.39, 0.29) is 46.2 Å². The third-order valence-corrected chi connectivity index (χ3v) is 11.9. The summed E-state index contributed by atoms with van der Waals surface area (Å²) in [6.45, 7) is 9.23. The molecule has 0 spiro atoms. The Morgan fingerprint density at radius 2 is 1.84 bits per heavy atom. The van der Waals surface area contributed by atoms with Crippen LogP contribution in [0.2, 0.25) is 5.02 Å². The average Bonchev–Trinajstić information content (AvgIpc) is 3.69. The molecule has 4 heterocycles. The van der Waals surface area contributed by atoms with Crippen LogP contribution in [0.3, 0.4) is 0 Å². The maximum Gasteiger partial charge on any atom is 0.317 e. The second-order valence-corrected chi connectivity index (χ2v) is 16.7. The first-order valence-electron chi connectivity index (χ1n) is 15.3. The normalized spacial score (nSPS) is 23.5. The van der Waals surface area contributed by atoms with Crippen molar-refractivity contribution in [2.24, 2.45) is 0 Å². The fraction of sp³-hybridized carbons (Fsp3) is 0.633. The minimum atomic E-state index is -3.93. The van der Waals surface area contributed by atoms with Crippen molar-refractivity contribution < 1.29 is 22.8 Å². The highest BCUT2D eigenvalue weighted by Gasteiger charge is 2.38. The summed E-state index contributed by atoms with van der Waals surface area (Å²) in [5.41, 5.74) is -0.303. The summed E-state index contributed by atoms with van der Waals surface area (Å²) in [5.74, 6) is -0.477. The van der Waals surface area contributed by atoms with Crippen molar-refractivity contribution in [2.45, 2.75) is 80.7 Å². The van der Waals surface area contributed by atoms with Gasteiger partial charge in [-0.1, -0.05) is 11.6 Å². The predicted octanol–water partition coefficient (Wildman–Crippen LogP) is 3.33. The molecular weight excluding hydrogens is 624 g/mol. The molecule has 3 aliphatic heterocycles. The van der Waals surface area contributed by atoms with E-state index in [9.17, 15) is 22.8 Å². The number of sulfonamides is 1. The first-order valence-corrected chi connectivity index (χ1v) is 17.9. The molecule has 1 unspecified atom stereocenters. The quantitative estimate of drug-likeness (QED) is 0.446. The molecule has 4 amide bonds. The molecule has 44 heavy (non-hydrogen) atoms. The number of piperidine rings is 1. The van der Waals surface area contributed by atoms with Crippen LogP contribution in [-0.2, 0) is 19.6 Å². The Bertz CT molecular complexity index is 1510. The fourth-order valence-corrected chi connectivity index (χ4v) is 9.15. The van der Waals surface area contributed by atoms with E-state index in [0.717, 1.165) is 60.3 Å². The number of nitrogens with zero attached hydrogens (tertiary/aromatic N) is 4. The van der Waals surface area contributed by atoms with Crippen molar-refractivity contribution >= 4 is 60.9 Å². The van der Waals surface area contributed by atoms with Crippen LogP contribution in [-0.4, -0.2) is 116 Å². The number of rotatable bonds is 8. The van der Waals surface area contributed by atoms with Crippen molar-refractivity contribution in [2.75, 3.05) is 46.3 Å². The lowest BCUT2D eigenvalue weighted by molar-refractivity contribution is -0.143. The molecule has 3 atom stereocenters. The third kappa shape index (κ3) is 7.67. The van der Waals surface area contributed by atoms with Gasteiger partial charge in [0, 0.05) is 67.1 Å². The molecule has 2 aromatic rings. The van der Waals surface area contributed by atoms with E-state index in [0.29, 0.717) is 31.0 Å². The van der Waals surface area contributed by atoms with Gasteiger partial charge in [-0.3, -0.25) is 14.5 Å². The lowest BCUT2D eigenvalue weighted by atomic mass is 10.1. The average molecular weight is 667 g/mol. The number of thiophene rings is 1. The van der Waals surface area contributed by atoms with E-state index < -0.39 is 16.1 Å². The topological polar surface area (TPSA) is 122 Å². The molecule has 2 N–H and O–H groups in total. The molecule has 0 aliphatic carbocycles. The van der Waals surface area contributed by atoms with E-state index in [4.69, 9.17) is 11.6 Å². The zero-order chi connectivity index (χ0) is 31.8. The van der Waals surface area contributed by atoms with Gasteiger partial charge < -0.3 is 20.0 Å². The van der Waals surface area contributed by atoms with Gasteiger partial charge in [-0.15, -0.1) is 11.3 Å². The smallest absolute Gasteiger partial charge is 0.317 e. The molecule has 1 aromatic heterocycles. The van der Waals surface area contributed by atoms with Crippen LogP contribution >= 0.6 is 22.9 Å². The molecule has 11 nitrogen and oxygen atoms in total. The Morgan fingerprint density at radius 1 is 1.09 bits per heavy atom. The molecule has 1 aromatic carbocycles. The molecule has 5 rings (SSSR count). The van der Waals surface area contributed by atoms with Gasteiger partial charge in [0.2, 0.25) is 11.8 Å². The number of benzene rings is 1. The first-order chi connectivity index (χ1) is 20.7. The standard InChI is InChI=1S/C30H43ClN6O5S2/c1-30(2,3)32-29(40)34(4)22-11-14-35(17-22)18-23-7-5-13-37(23)26(38)19-36-12-6-8-24(28(36)39)33-44(41,42)27-16-20-15-21(31)9-10-25(20)43-27/h9-10,15-16,22-24,33H,5-8,11-14,17-19H2,1-4H3,(H,32,40)/t22?,23-,24-/m0/s1. The molecule has 0 bridgehead atoms. The number of hydrogen-bond donors (Lipinski definition) is 2. The van der Waals surface area contributed by atoms with Gasteiger partial charge in [0.05, 0.1) is 6.54 Å². The SMILES string of the molecule is CN(C(=O)NC(C)(C)C)C1CCN(C[C@@H]2CCCN2C(=O)CN2CCC[C@H](NS(=O)(=O)c3cc4cc(Cl)ccc4s3)C2=O)C1.